The van der Waals surface area contributed by atoms with E-state index in [0.29, 0.717) is 0 Å². The lowest BCUT2D eigenvalue weighted by Crippen LogP contribution is -2.35. The molecule has 0 bridgehead atoms. The zero-order valence-corrected chi connectivity index (χ0v) is 10.1. The lowest BCUT2D eigenvalue weighted by molar-refractivity contribution is 0.0427. The van der Waals surface area contributed by atoms with E-state index in [1.54, 1.807) is 13.8 Å². The standard InChI is InChI=1S/C11H23NO3/c1-5-6-11(4,7-13)8-15-10(14)12-9(2)3/h9,13H,5-8H2,1-4H3,(H,12,14)/i9D. The quantitative estimate of drug-likeness (QED) is 0.716. The highest BCUT2D eigenvalue weighted by Gasteiger charge is 2.24. The van der Waals surface area contributed by atoms with Crippen molar-refractivity contribution in [1.82, 2.24) is 5.32 Å². The van der Waals surface area contributed by atoms with Crippen LogP contribution in [0.3, 0.4) is 0 Å². The number of nitrogens with one attached hydrogen (secondary N) is 1. The molecule has 0 aromatic carbocycles. The summed E-state index contributed by atoms with van der Waals surface area (Å²) >= 11 is 0. The van der Waals surface area contributed by atoms with Gasteiger partial charge < -0.3 is 15.2 Å². The molecule has 0 aromatic rings. The van der Waals surface area contributed by atoms with Crippen LogP contribution in [0.25, 0.3) is 0 Å². The van der Waals surface area contributed by atoms with Gasteiger partial charge in [-0.2, -0.15) is 0 Å². The van der Waals surface area contributed by atoms with E-state index in [4.69, 9.17) is 6.11 Å². The van der Waals surface area contributed by atoms with E-state index in [0.717, 1.165) is 12.8 Å². The van der Waals surface area contributed by atoms with Crippen LogP contribution < -0.4 is 5.32 Å². The van der Waals surface area contributed by atoms with Gasteiger partial charge in [0.15, 0.2) is 0 Å². The molecule has 90 valence electrons. The summed E-state index contributed by atoms with van der Waals surface area (Å²) in [7, 11) is 0. The minimum absolute atomic E-state index is 0.0155. The van der Waals surface area contributed by atoms with Gasteiger partial charge in [-0.05, 0) is 20.3 Å². The first-order valence-corrected chi connectivity index (χ1v) is 5.28. The van der Waals surface area contributed by atoms with Gasteiger partial charge in [-0.25, -0.2) is 4.79 Å². The Morgan fingerprint density at radius 1 is 1.67 bits per heavy atom. The molecule has 0 radical (unpaired) electrons. The maximum atomic E-state index is 11.3. The summed E-state index contributed by atoms with van der Waals surface area (Å²) in [5.41, 5.74) is -0.391. The number of hydrogen-bond donors (Lipinski definition) is 2. The van der Waals surface area contributed by atoms with Gasteiger partial charge in [0.25, 0.3) is 0 Å². The molecule has 1 atom stereocenters. The second-order valence-electron chi connectivity index (χ2n) is 4.42. The molecule has 0 saturated heterocycles. The molecule has 0 heterocycles. The van der Waals surface area contributed by atoms with E-state index < -0.39 is 17.5 Å². The summed E-state index contributed by atoms with van der Waals surface area (Å²) in [5.74, 6) is 0. The van der Waals surface area contributed by atoms with Crippen LogP contribution in [0.5, 0.6) is 0 Å². The van der Waals surface area contributed by atoms with Gasteiger partial charge in [0.05, 0.1) is 7.98 Å². The number of amides is 1. The van der Waals surface area contributed by atoms with Gasteiger partial charge in [-0.3, -0.25) is 0 Å². The monoisotopic (exact) mass is 218 g/mol. The van der Waals surface area contributed by atoms with Crippen LogP contribution in [-0.2, 0) is 4.74 Å². The van der Waals surface area contributed by atoms with E-state index >= 15 is 0 Å². The number of alkyl carbamates (subject to hydrolysis) is 1. The Hall–Kier alpha value is -0.770. The Labute approximate surface area is 93.4 Å². The first kappa shape index (κ1) is 12.3. The number of ether oxygens (including phenoxy) is 1. The molecule has 1 amide bonds. The second-order valence-corrected chi connectivity index (χ2v) is 4.42. The molecule has 4 heteroatoms. The van der Waals surface area contributed by atoms with Crippen LogP contribution in [0.2, 0.25) is 0 Å². The van der Waals surface area contributed by atoms with Crippen LogP contribution in [0.4, 0.5) is 4.79 Å². The lowest BCUT2D eigenvalue weighted by atomic mass is 9.88. The Morgan fingerprint density at radius 3 is 2.67 bits per heavy atom. The Bertz CT molecular complexity index is 228. The predicted octanol–water partition coefficient (Wildman–Crippen LogP) is 1.92. The molecule has 0 saturated carbocycles. The van der Waals surface area contributed by atoms with Gasteiger partial charge in [0.1, 0.15) is 6.61 Å². The Kier molecular flexibility index (Phi) is 5.47. The molecule has 0 spiro atoms. The molecule has 0 rings (SSSR count). The fourth-order valence-corrected chi connectivity index (χ4v) is 1.28. The normalized spacial score (nSPS) is 16.5. The number of carbonyl (C=O) groups is 1. The van der Waals surface area contributed by atoms with Crippen molar-refractivity contribution in [2.24, 2.45) is 5.41 Å². The largest absolute Gasteiger partial charge is 0.449 e. The van der Waals surface area contributed by atoms with Crippen molar-refractivity contribution in [2.75, 3.05) is 13.2 Å². The smallest absolute Gasteiger partial charge is 0.407 e. The number of aliphatic hydroxyl groups is 1. The highest BCUT2D eigenvalue weighted by Crippen LogP contribution is 2.22. The van der Waals surface area contributed by atoms with Crippen molar-refractivity contribution >= 4 is 6.09 Å². The first-order valence-electron chi connectivity index (χ1n) is 5.78. The van der Waals surface area contributed by atoms with Crippen LogP contribution in [0, 0.1) is 5.41 Å². The topological polar surface area (TPSA) is 58.6 Å². The molecule has 0 fully saturated rings. The molecule has 4 nitrogen and oxygen atoms in total. The van der Waals surface area contributed by atoms with Gasteiger partial charge in [0.2, 0.25) is 0 Å². The molecule has 1 unspecified atom stereocenters. The number of carbonyl (C=O) groups excluding carboxylic acids is 1. The maximum Gasteiger partial charge on any atom is 0.407 e. The van der Waals surface area contributed by atoms with Crippen molar-refractivity contribution in [3.8, 4) is 0 Å². The number of aliphatic hydroxyl groups excluding tert-OH is 1. The fourth-order valence-electron chi connectivity index (χ4n) is 1.28. The third kappa shape index (κ3) is 6.33. The summed E-state index contributed by atoms with van der Waals surface area (Å²) in [6, 6.07) is -1.04. The Balaban J connectivity index is 4.07. The minimum atomic E-state index is -1.04. The third-order valence-electron chi connectivity index (χ3n) is 2.14. The summed E-state index contributed by atoms with van der Waals surface area (Å²) in [5, 5.41) is 11.6. The van der Waals surface area contributed by atoms with Crippen molar-refractivity contribution in [1.29, 1.82) is 0 Å². The molecule has 0 aromatic heterocycles. The van der Waals surface area contributed by atoms with E-state index in [9.17, 15) is 9.90 Å². The maximum absolute atomic E-state index is 11.3. The van der Waals surface area contributed by atoms with Crippen molar-refractivity contribution < 1.29 is 16.0 Å². The fraction of sp³-hybridized carbons (Fsp3) is 0.909. The predicted molar refractivity (Wildman–Crippen MR) is 59.7 cm³/mol. The minimum Gasteiger partial charge on any atom is -0.449 e. The number of hydrogen-bond acceptors (Lipinski definition) is 3. The van der Waals surface area contributed by atoms with Gasteiger partial charge in [-0.15, -0.1) is 0 Å². The Morgan fingerprint density at radius 2 is 2.27 bits per heavy atom. The highest BCUT2D eigenvalue weighted by atomic mass is 16.5. The summed E-state index contributed by atoms with van der Waals surface area (Å²) in [6.45, 7) is 7.16. The zero-order valence-electron chi connectivity index (χ0n) is 11.1. The van der Waals surface area contributed by atoms with E-state index in [1.165, 1.54) is 0 Å². The van der Waals surface area contributed by atoms with Gasteiger partial charge in [0, 0.05) is 11.4 Å². The van der Waals surface area contributed by atoms with Gasteiger partial charge >= 0.3 is 6.09 Å². The average molecular weight is 218 g/mol. The van der Waals surface area contributed by atoms with Crippen LogP contribution in [0.1, 0.15) is 41.9 Å². The van der Waals surface area contributed by atoms with Crippen molar-refractivity contribution in [3.05, 3.63) is 0 Å². The molecule has 0 aliphatic rings. The van der Waals surface area contributed by atoms with Crippen LogP contribution in [-0.4, -0.2) is 30.4 Å². The zero-order chi connectivity index (χ0) is 12.8. The SMILES string of the molecule is [2H]C(C)(C)NC(=O)OCC(C)(CO)CCC. The van der Waals surface area contributed by atoms with Gasteiger partial charge in [-0.1, -0.05) is 20.3 Å². The highest BCUT2D eigenvalue weighted by molar-refractivity contribution is 5.67. The number of rotatable bonds is 6. The molecular formula is C11H23NO3. The molecule has 0 aliphatic heterocycles. The molecule has 15 heavy (non-hydrogen) atoms. The third-order valence-corrected chi connectivity index (χ3v) is 2.14. The second kappa shape index (κ2) is 6.67. The molecule has 2 N–H and O–H groups in total. The average Bonchev–Trinajstić information content (AvgIpc) is 2.13. The molecule has 0 aliphatic carbocycles. The van der Waals surface area contributed by atoms with Crippen molar-refractivity contribution in [2.45, 2.75) is 46.6 Å². The van der Waals surface area contributed by atoms with Crippen LogP contribution in [0.15, 0.2) is 0 Å². The van der Waals surface area contributed by atoms with Crippen molar-refractivity contribution in [3.63, 3.8) is 0 Å². The summed E-state index contributed by atoms with van der Waals surface area (Å²) in [4.78, 5) is 11.3. The summed E-state index contributed by atoms with van der Waals surface area (Å²) < 4.78 is 12.5. The molecular weight excluding hydrogens is 194 g/mol. The lowest BCUT2D eigenvalue weighted by Gasteiger charge is -2.26. The first-order chi connectivity index (χ1) is 7.22. The van der Waals surface area contributed by atoms with Crippen LogP contribution >= 0.6 is 0 Å². The van der Waals surface area contributed by atoms with E-state index in [1.807, 2.05) is 13.8 Å². The summed E-state index contributed by atoms with van der Waals surface area (Å²) in [6.07, 6.45) is 1.10. The van der Waals surface area contributed by atoms with E-state index in [-0.39, 0.29) is 13.2 Å². The van der Waals surface area contributed by atoms with E-state index in [2.05, 4.69) is 5.32 Å².